The zero-order valence-corrected chi connectivity index (χ0v) is 30.2. The molecule has 0 spiro atoms. The average molecular weight is 699 g/mol. The second-order valence-electron chi connectivity index (χ2n) is 13.9. The van der Waals surface area contributed by atoms with E-state index in [-0.39, 0.29) is 0 Å². The van der Waals surface area contributed by atoms with Crippen LogP contribution in [0.1, 0.15) is 30.4 Å². The molecule has 0 amide bonds. The summed E-state index contributed by atoms with van der Waals surface area (Å²) in [7, 11) is 0. The Kier molecular flexibility index (Phi) is 9.23. The smallest absolute Gasteiger partial charge is 0.0468 e. The Bertz CT molecular complexity index is 2480. The van der Waals surface area contributed by atoms with Gasteiger partial charge in [0.2, 0.25) is 0 Å². The number of hydrogen-bond donors (Lipinski definition) is 2. The SMILES string of the molecule is C1=CC(Nc2ccc(N(c3ccc(Nc4ccc5c(c4)C=CCC5)cc3)c3ccc(N(c4ccccc4)c4ccc5ccccc5c4)cc3)cc2)=CCC1. The third kappa shape index (κ3) is 7.15. The Morgan fingerprint density at radius 1 is 0.389 bits per heavy atom. The number of hydrogen-bond acceptors (Lipinski definition) is 4. The summed E-state index contributed by atoms with van der Waals surface area (Å²) in [5.74, 6) is 0. The van der Waals surface area contributed by atoms with E-state index >= 15 is 0 Å². The maximum atomic E-state index is 3.63. The fourth-order valence-corrected chi connectivity index (χ4v) is 7.47. The highest BCUT2D eigenvalue weighted by Gasteiger charge is 2.17. The van der Waals surface area contributed by atoms with Gasteiger partial charge < -0.3 is 20.4 Å². The lowest BCUT2D eigenvalue weighted by Gasteiger charge is -2.28. The van der Waals surface area contributed by atoms with Crippen molar-refractivity contribution in [1.29, 1.82) is 0 Å². The molecule has 2 N–H and O–H groups in total. The molecule has 0 aliphatic heterocycles. The van der Waals surface area contributed by atoms with Crippen molar-refractivity contribution in [3.05, 3.63) is 205 Å². The summed E-state index contributed by atoms with van der Waals surface area (Å²) in [5.41, 5.74) is 13.6. The minimum Gasteiger partial charge on any atom is -0.356 e. The van der Waals surface area contributed by atoms with Crippen molar-refractivity contribution >= 4 is 68.0 Å². The van der Waals surface area contributed by atoms with Crippen LogP contribution in [0.5, 0.6) is 0 Å². The number of benzene rings is 7. The number of nitrogens with one attached hydrogen (secondary N) is 2. The fraction of sp³-hybridized carbons (Fsp3) is 0.0800. The zero-order valence-electron chi connectivity index (χ0n) is 30.2. The monoisotopic (exact) mass is 698 g/mol. The van der Waals surface area contributed by atoms with E-state index in [0.29, 0.717) is 0 Å². The van der Waals surface area contributed by atoms with Gasteiger partial charge in [-0.05, 0) is 163 Å². The Balaban J connectivity index is 1.05. The molecule has 0 bridgehead atoms. The van der Waals surface area contributed by atoms with Gasteiger partial charge in [0.25, 0.3) is 0 Å². The van der Waals surface area contributed by atoms with Gasteiger partial charge >= 0.3 is 0 Å². The van der Waals surface area contributed by atoms with Crippen LogP contribution in [0.2, 0.25) is 0 Å². The molecule has 2 aliphatic rings. The first-order chi connectivity index (χ1) is 26.7. The summed E-state index contributed by atoms with van der Waals surface area (Å²) in [6.07, 6.45) is 15.5. The highest BCUT2D eigenvalue weighted by molar-refractivity contribution is 5.90. The maximum Gasteiger partial charge on any atom is 0.0468 e. The Hall–Kier alpha value is -6.78. The Labute approximate surface area is 318 Å². The summed E-state index contributed by atoms with van der Waals surface area (Å²) >= 11 is 0. The topological polar surface area (TPSA) is 30.5 Å². The molecular formula is C50H42N4. The highest BCUT2D eigenvalue weighted by Crippen LogP contribution is 2.40. The van der Waals surface area contributed by atoms with Crippen LogP contribution in [0, 0.1) is 0 Å². The molecule has 0 fully saturated rings. The predicted octanol–water partition coefficient (Wildman–Crippen LogP) is 14.1. The third-order valence-corrected chi connectivity index (χ3v) is 10.2. The number of anilines is 9. The predicted molar refractivity (Wildman–Crippen MR) is 230 cm³/mol. The van der Waals surface area contributed by atoms with Gasteiger partial charge in [0.05, 0.1) is 0 Å². The number of para-hydroxylation sites is 1. The molecule has 0 heterocycles. The molecule has 0 atom stereocenters. The minimum absolute atomic E-state index is 1.05. The van der Waals surface area contributed by atoms with Gasteiger partial charge in [-0.25, -0.2) is 0 Å². The summed E-state index contributed by atoms with van der Waals surface area (Å²) < 4.78 is 0. The largest absolute Gasteiger partial charge is 0.356 e. The van der Waals surface area contributed by atoms with E-state index in [1.807, 2.05) is 0 Å². The molecule has 2 aliphatic carbocycles. The van der Waals surface area contributed by atoms with Crippen LogP contribution in [0.15, 0.2) is 194 Å². The molecule has 262 valence electrons. The zero-order chi connectivity index (χ0) is 36.1. The molecule has 0 unspecified atom stereocenters. The van der Waals surface area contributed by atoms with Crippen molar-refractivity contribution in [3.8, 4) is 0 Å². The quantitative estimate of drug-likeness (QED) is 0.149. The van der Waals surface area contributed by atoms with Gasteiger partial charge in [-0.15, -0.1) is 0 Å². The van der Waals surface area contributed by atoms with E-state index in [2.05, 4.69) is 215 Å². The van der Waals surface area contributed by atoms with E-state index in [1.165, 1.54) is 21.9 Å². The Morgan fingerprint density at radius 3 is 1.63 bits per heavy atom. The second-order valence-corrected chi connectivity index (χ2v) is 13.9. The van der Waals surface area contributed by atoms with Crippen LogP contribution in [0.3, 0.4) is 0 Å². The van der Waals surface area contributed by atoms with Crippen LogP contribution >= 0.6 is 0 Å². The lowest BCUT2D eigenvalue weighted by Crippen LogP contribution is -2.12. The highest BCUT2D eigenvalue weighted by atomic mass is 15.2. The number of rotatable bonds is 10. The first-order valence-electron chi connectivity index (χ1n) is 18.9. The summed E-state index contributed by atoms with van der Waals surface area (Å²) in [4.78, 5) is 4.65. The van der Waals surface area contributed by atoms with Crippen LogP contribution in [0.4, 0.5) is 51.2 Å². The summed E-state index contributed by atoms with van der Waals surface area (Å²) in [6.45, 7) is 0. The molecule has 4 heteroatoms. The summed E-state index contributed by atoms with van der Waals surface area (Å²) in [6, 6.07) is 58.9. The number of aryl methyl sites for hydroxylation is 1. The lowest BCUT2D eigenvalue weighted by atomic mass is 9.97. The number of allylic oxidation sites excluding steroid dienone is 4. The van der Waals surface area contributed by atoms with Crippen molar-refractivity contribution in [1.82, 2.24) is 0 Å². The average Bonchev–Trinajstić information content (AvgIpc) is 3.23. The third-order valence-electron chi connectivity index (χ3n) is 10.2. The van der Waals surface area contributed by atoms with Crippen molar-refractivity contribution < 1.29 is 0 Å². The number of nitrogens with zero attached hydrogens (tertiary/aromatic N) is 2. The van der Waals surface area contributed by atoms with Crippen molar-refractivity contribution in [2.45, 2.75) is 25.7 Å². The van der Waals surface area contributed by atoms with E-state index in [1.54, 1.807) is 0 Å². The van der Waals surface area contributed by atoms with E-state index in [9.17, 15) is 0 Å². The first kappa shape index (κ1) is 33.1. The van der Waals surface area contributed by atoms with Crippen LogP contribution < -0.4 is 20.4 Å². The van der Waals surface area contributed by atoms with E-state index in [4.69, 9.17) is 0 Å². The molecule has 54 heavy (non-hydrogen) atoms. The second kappa shape index (κ2) is 15.1. The van der Waals surface area contributed by atoms with Crippen LogP contribution in [0.25, 0.3) is 16.8 Å². The molecule has 0 saturated carbocycles. The van der Waals surface area contributed by atoms with Crippen LogP contribution in [-0.2, 0) is 6.42 Å². The number of fused-ring (bicyclic) bond motifs is 2. The molecular weight excluding hydrogens is 657 g/mol. The fourth-order valence-electron chi connectivity index (χ4n) is 7.47. The van der Waals surface area contributed by atoms with Gasteiger partial charge in [0.15, 0.2) is 0 Å². The standard InChI is InChI=1S/C50H42N4/c1-3-15-41(16-4-1)51-42-22-27-46(28-23-42)53(47-29-24-43(25-30-47)52-44-21-19-37-11-7-9-13-39(37)35-44)48-31-33-49(34-32-48)54(45-17-5-2-6-18-45)50-26-20-38-12-8-10-14-40(38)36-50/h2-3,5-6,8-10,12-36,51-52H,1,4,7,11H2. The van der Waals surface area contributed by atoms with Gasteiger partial charge in [-0.3, -0.25) is 0 Å². The summed E-state index contributed by atoms with van der Waals surface area (Å²) in [5, 5.41) is 9.65. The molecule has 4 nitrogen and oxygen atoms in total. The van der Waals surface area contributed by atoms with Gasteiger partial charge in [-0.2, -0.15) is 0 Å². The first-order valence-corrected chi connectivity index (χ1v) is 18.9. The van der Waals surface area contributed by atoms with Gasteiger partial charge in [-0.1, -0.05) is 78.9 Å². The Morgan fingerprint density at radius 2 is 0.944 bits per heavy atom. The van der Waals surface area contributed by atoms with Gasteiger partial charge in [0.1, 0.15) is 0 Å². The van der Waals surface area contributed by atoms with E-state index < -0.39 is 0 Å². The molecule has 0 aromatic heterocycles. The van der Waals surface area contributed by atoms with Gasteiger partial charge in [0, 0.05) is 56.9 Å². The maximum absolute atomic E-state index is 3.63. The van der Waals surface area contributed by atoms with E-state index in [0.717, 1.165) is 82.6 Å². The minimum atomic E-state index is 1.05. The molecule has 0 radical (unpaired) electrons. The van der Waals surface area contributed by atoms with Crippen molar-refractivity contribution in [2.75, 3.05) is 20.4 Å². The molecule has 9 rings (SSSR count). The molecule has 7 aromatic carbocycles. The van der Waals surface area contributed by atoms with Crippen molar-refractivity contribution in [3.63, 3.8) is 0 Å². The molecule has 0 saturated heterocycles. The molecule has 7 aromatic rings. The normalized spacial score (nSPS) is 13.2. The van der Waals surface area contributed by atoms with Crippen LogP contribution in [-0.4, -0.2) is 0 Å². The lowest BCUT2D eigenvalue weighted by molar-refractivity contribution is 0.986. The van der Waals surface area contributed by atoms with Crippen molar-refractivity contribution in [2.24, 2.45) is 0 Å².